The molecule has 0 aliphatic rings. The van der Waals surface area contributed by atoms with Crippen molar-refractivity contribution in [2.45, 2.75) is 18.8 Å². The number of carbonyl (C=O) groups is 3. The summed E-state index contributed by atoms with van der Waals surface area (Å²) in [5, 5.41) is 5.47. The summed E-state index contributed by atoms with van der Waals surface area (Å²) in [4.78, 5) is 38.0. The predicted molar refractivity (Wildman–Crippen MR) is 139 cm³/mol. The normalized spacial score (nSPS) is 11.4. The van der Waals surface area contributed by atoms with Crippen molar-refractivity contribution in [1.82, 2.24) is 10.2 Å². The fourth-order valence-electron chi connectivity index (χ4n) is 4.03. The van der Waals surface area contributed by atoms with Crippen molar-refractivity contribution in [3.8, 4) is 0 Å². The molecule has 3 amide bonds. The molecule has 1 unspecified atom stereocenters. The van der Waals surface area contributed by atoms with Crippen LogP contribution in [0.1, 0.15) is 43.3 Å². The van der Waals surface area contributed by atoms with Gasteiger partial charge in [0.05, 0.1) is 6.54 Å². The van der Waals surface area contributed by atoms with Crippen molar-refractivity contribution in [1.29, 1.82) is 0 Å². The maximum atomic E-state index is 12.5. The molecule has 7 heteroatoms. The van der Waals surface area contributed by atoms with Gasteiger partial charge in [-0.3, -0.25) is 14.4 Å². The monoisotopic (exact) mass is 472 g/mol. The summed E-state index contributed by atoms with van der Waals surface area (Å²) in [6, 6.07) is 22.9. The molecule has 182 valence electrons. The molecule has 4 N–H and O–H groups in total. The average molecular weight is 473 g/mol. The van der Waals surface area contributed by atoms with Gasteiger partial charge in [-0.15, -0.1) is 0 Å². The van der Waals surface area contributed by atoms with Crippen LogP contribution in [0.4, 0.5) is 5.69 Å². The molecule has 0 heterocycles. The standard InChI is InChI=1S/C28H32N4O3/c1-30-27(34)22-10-6-9-21(17-22)24(14-19-7-4-11-23(13-19)28(35)32(2)3)15-20-8-5-12-25(16-20)31-26(33)18-29/h4-13,16-17,24H,14-15,18,29H2,1-3H3,(H,30,34)(H,31,33). The summed E-state index contributed by atoms with van der Waals surface area (Å²) in [5.74, 6) is -0.409. The highest BCUT2D eigenvalue weighted by molar-refractivity contribution is 5.94. The Bertz CT molecular complexity index is 1210. The fourth-order valence-corrected chi connectivity index (χ4v) is 4.03. The Labute approximate surface area is 206 Å². The van der Waals surface area contributed by atoms with Crippen LogP contribution in [0.3, 0.4) is 0 Å². The van der Waals surface area contributed by atoms with E-state index in [1.54, 1.807) is 32.1 Å². The Morgan fingerprint density at radius 2 is 1.49 bits per heavy atom. The number of amides is 3. The highest BCUT2D eigenvalue weighted by Gasteiger charge is 2.17. The number of benzene rings is 3. The number of nitrogens with one attached hydrogen (secondary N) is 2. The Kier molecular flexibility index (Phi) is 8.75. The highest BCUT2D eigenvalue weighted by Crippen LogP contribution is 2.28. The van der Waals surface area contributed by atoms with Crippen LogP contribution < -0.4 is 16.4 Å². The van der Waals surface area contributed by atoms with Crippen molar-refractivity contribution >= 4 is 23.4 Å². The van der Waals surface area contributed by atoms with E-state index in [-0.39, 0.29) is 30.2 Å². The van der Waals surface area contributed by atoms with Gasteiger partial charge in [-0.05, 0) is 71.8 Å². The molecule has 1 atom stereocenters. The van der Waals surface area contributed by atoms with E-state index in [1.807, 2.05) is 66.7 Å². The summed E-state index contributed by atoms with van der Waals surface area (Å²) in [6.07, 6.45) is 1.35. The second-order valence-corrected chi connectivity index (χ2v) is 8.66. The Morgan fingerprint density at radius 1 is 0.857 bits per heavy atom. The first kappa shape index (κ1) is 25.6. The SMILES string of the molecule is CNC(=O)c1cccc(C(Cc2cccc(NC(=O)CN)c2)Cc2cccc(C(=O)N(C)C)c2)c1. The summed E-state index contributed by atoms with van der Waals surface area (Å²) in [6.45, 7) is -0.0822. The van der Waals surface area contributed by atoms with Crippen molar-refractivity contribution in [3.63, 3.8) is 0 Å². The Hall–Kier alpha value is -3.97. The van der Waals surface area contributed by atoms with E-state index < -0.39 is 0 Å². The van der Waals surface area contributed by atoms with E-state index in [4.69, 9.17) is 5.73 Å². The fraction of sp³-hybridized carbons (Fsp3) is 0.250. The smallest absolute Gasteiger partial charge is 0.253 e. The van der Waals surface area contributed by atoms with Crippen LogP contribution in [0.5, 0.6) is 0 Å². The average Bonchev–Trinajstić information content (AvgIpc) is 2.87. The number of nitrogens with zero attached hydrogens (tertiary/aromatic N) is 1. The van der Waals surface area contributed by atoms with Crippen LogP contribution in [0, 0.1) is 0 Å². The molecule has 0 radical (unpaired) electrons. The van der Waals surface area contributed by atoms with Gasteiger partial charge in [0.25, 0.3) is 11.8 Å². The minimum atomic E-state index is -0.251. The first-order chi connectivity index (χ1) is 16.8. The van der Waals surface area contributed by atoms with E-state index in [9.17, 15) is 14.4 Å². The van der Waals surface area contributed by atoms with Gasteiger partial charge in [0.15, 0.2) is 0 Å². The van der Waals surface area contributed by atoms with Crippen molar-refractivity contribution in [2.75, 3.05) is 33.0 Å². The van der Waals surface area contributed by atoms with Gasteiger partial charge in [-0.1, -0.05) is 36.4 Å². The van der Waals surface area contributed by atoms with Gasteiger partial charge in [-0.25, -0.2) is 0 Å². The zero-order valence-electron chi connectivity index (χ0n) is 20.4. The molecule has 0 aliphatic heterocycles. The summed E-state index contributed by atoms with van der Waals surface area (Å²) < 4.78 is 0. The molecule has 7 nitrogen and oxygen atoms in total. The second-order valence-electron chi connectivity index (χ2n) is 8.66. The Morgan fingerprint density at radius 3 is 2.14 bits per heavy atom. The third-order valence-corrected chi connectivity index (χ3v) is 5.79. The number of nitrogens with two attached hydrogens (primary N) is 1. The maximum Gasteiger partial charge on any atom is 0.253 e. The molecule has 3 aromatic rings. The molecule has 0 saturated carbocycles. The zero-order valence-corrected chi connectivity index (χ0v) is 20.4. The molecule has 3 rings (SSSR count). The molecule has 0 spiro atoms. The molecular weight excluding hydrogens is 440 g/mol. The number of hydrogen-bond donors (Lipinski definition) is 3. The largest absolute Gasteiger partial charge is 0.355 e. The van der Waals surface area contributed by atoms with Crippen molar-refractivity contribution in [2.24, 2.45) is 5.73 Å². The lowest BCUT2D eigenvalue weighted by atomic mass is 9.85. The minimum absolute atomic E-state index is 0.0322. The third-order valence-electron chi connectivity index (χ3n) is 5.79. The molecule has 0 bridgehead atoms. The summed E-state index contributed by atoms with van der Waals surface area (Å²) in [7, 11) is 5.08. The number of carbonyl (C=O) groups excluding carboxylic acids is 3. The molecule has 0 saturated heterocycles. The molecule has 3 aromatic carbocycles. The van der Waals surface area contributed by atoms with Crippen LogP contribution in [-0.2, 0) is 17.6 Å². The van der Waals surface area contributed by atoms with Gasteiger partial charge in [0, 0.05) is 38.0 Å². The van der Waals surface area contributed by atoms with Crippen LogP contribution >= 0.6 is 0 Å². The van der Waals surface area contributed by atoms with Crippen LogP contribution in [0.2, 0.25) is 0 Å². The topological polar surface area (TPSA) is 105 Å². The lowest BCUT2D eigenvalue weighted by Crippen LogP contribution is -2.22. The van der Waals surface area contributed by atoms with Gasteiger partial charge in [-0.2, -0.15) is 0 Å². The molecule has 0 aromatic heterocycles. The van der Waals surface area contributed by atoms with Gasteiger partial charge in [0.1, 0.15) is 0 Å². The molecule has 0 fully saturated rings. The quantitative estimate of drug-likeness (QED) is 0.445. The first-order valence-corrected chi connectivity index (χ1v) is 11.5. The summed E-state index contributed by atoms with van der Waals surface area (Å²) in [5.41, 5.74) is 10.4. The predicted octanol–water partition coefficient (Wildman–Crippen LogP) is 3.21. The van der Waals surface area contributed by atoms with E-state index >= 15 is 0 Å². The summed E-state index contributed by atoms with van der Waals surface area (Å²) >= 11 is 0. The first-order valence-electron chi connectivity index (χ1n) is 11.5. The lowest BCUT2D eigenvalue weighted by Gasteiger charge is -2.20. The lowest BCUT2D eigenvalue weighted by molar-refractivity contribution is -0.114. The second kappa shape index (κ2) is 11.9. The van der Waals surface area contributed by atoms with Crippen molar-refractivity contribution < 1.29 is 14.4 Å². The van der Waals surface area contributed by atoms with E-state index in [0.717, 1.165) is 16.7 Å². The molecule has 0 aliphatic carbocycles. The van der Waals surface area contributed by atoms with Gasteiger partial charge >= 0.3 is 0 Å². The van der Waals surface area contributed by atoms with Gasteiger partial charge < -0.3 is 21.3 Å². The van der Waals surface area contributed by atoms with Gasteiger partial charge in [0.2, 0.25) is 5.91 Å². The minimum Gasteiger partial charge on any atom is -0.355 e. The number of rotatable bonds is 9. The van der Waals surface area contributed by atoms with E-state index in [2.05, 4.69) is 10.6 Å². The Balaban J connectivity index is 1.95. The van der Waals surface area contributed by atoms with E-state index in [1.165, 1.54) is 0 Å². The third kappa shape index (κ3) is 7.01. The van der Waals surface area contributed by atoms with Crippen molar-refractivity contribution in [3.05, 3.63) is 101 Å². The zero-order chi connectivity index (χ0) is 25.4. The van der Waals surface area contributed by atoms with E-state index in [0.29, 0.717) is 29.7 Å². The maximum absolute atomic E-state index is 12.5. The van der Waals surface area contributed by atoms with Crippen LogP contribution in [0.15, 0.2) is 72.8 Å². The number of hydrogen-bond acceptors (Lipinski definition) is 4. The molecule has 35 heavy (non-hydrogen) atoms. The van der Waals surface area contributed by atoms with Crippen LogP contribution in [-0.4, -0.2) is 50.3 Å². The number of anilines is 1. The van der Waals surface area contributed by atoms with Crippen LogP contribution in [0.25, 0.3) is 0 Å². The molecular formula is C28H32N4O3. The highest BCUT2D eigenvalue weighted by atomic mass is 16.2.